The maximum Gasteiger partial charge on any atom is 0.259 e. The molecule has 0 aromatic heterocycles. The highest BCUT2D eigenvalue weighted by Gasteiger charge is 2.25. The van der Waals surface area contributed by atoms with E-state index in [1.165, 1.54) is 16.8 Å². The molecule has 0 aliphatic carbocycles. The molecule has 1 heterocycles. The SMILES string of the molecule is COc1cc(/C=N\N2C(=O)CSC2=S)ccc1OCC(C)C. The fraction of sp³-hybridized carbons (Fsp3) is 0.400. The predicted molar refractivity (Wildman–Crippen MR) is 92.8 cm³/mol. The van der Waals surface area contributed by atoms with Crippen molar-refractivity contribution in [3.05, 3.63) is 23.8 Å². The number of methoxy groups -OCH3 is 1. The van der Waals surface area contributed by atoms with Crippen molar-refractivity contribution in [2.24, 2.45) is 11.0 Å². The van der Waals surface area contributed by atoms with Gasteiger partial charge in [0.15, 0.2) is 15.8 Å². The Kier molecular flexibility index (Phi) is 5.79. The lowest BCUT2D eigenvalue weighted by atomic mass is 10.2. The average molecular weight is 338 g/mol. The van der Waals surface area contributed by atoms with E-state index in [-0.39, 0.29) is 5.91 Å². The summed E-state index contributed by atoms with van der Waals surface area (Å²) in [6.45, 7) is 4.79. The van der Waals surface area contributed by atoms with Crippen molar-refractivity contribution < 1.29 is 14.3 Å². The molecule has 0 unspecified atom stereocenters. The van der Waals surface area contributed by atoms with Crippen LogP contribution in [0, 0.1) is 5.92 Å². The molecule has 0 spiro atoms. The summed E-state index contributed by atoms with van der Waals surface area (Å²) in [6.07, 6.45) is 1.59. The van der Waals surface area contributed by atoms with Gasteiger partial charge in [-0.2, -0.15) is 10.1 Å². The van der Waals surface area contributed by atoms with Crippen LogP contribution in [-0.4, -0.2) is 40.9 Å². The monoisotopic (exact) mass is 338 g/mol. The van der Waals surface area contributed by atoms with Crippen molar-refractivity contribution in [3.63, 3.8) is 0 Å². The molecule has 0 bridgehead atoms. The van der Waals surface area contributed by atoms with Gasteiger partial charge in [0.2, 0.25) is 0 Å². The Morgan fingerprint density at radius 2 is 2.23 bits per heavy atom. The second kappa shape index (κ2) is 7.60. The summed E-state index contributed by atoms with van der Waals surface area (Å²) in [6, 6.07) is 5.51. The van der Waals surface area contributed by atoms with E-state index in [9.17, 15) is 4.79 Å². The topological polar surface area (TPSA) is 51.1 Å². The number of nitrogens with zero attached hydrogens (tertiary/aromatic N) is 2. The third-order valence-electron chi connectivity index (χ3n) is 2.81. The zero-order valence-electron chi connectivity index (χ0n) is 12.7. The van der Waals surface area contributed by atoms with Crippen molar-refractivity contribution >= 4 is 40.4 Å². The number of benzene rings is 1. The second-order valence-electron chi connectivity index (χ2n) is 5.12. The Morgan fingerprint density at radius 3 is 2.82 bits per heavy atom. The minimum absolute atomic E-state index is 0.102. The number of hydrogen-bond acceptors (Lipinski definition) is 6. The van der Waals surface area contributed by atoms with Gasteiger partial charge in [0.1, 0.15) is 0 Å². The van der Waals surface area contributed by atoms with Crippen LogP contribution in [0.2, 0.25) is 0 Å². The number of carbonyl (C=O) groups is 1. The van der Waals surface area contributed by atoms with Gasteiger partial charge in [-0.25, -0.2) is 0 Å². The molecule has 118 valence electrons. The van der Waals surface area contributed by atoms with Gasteiger partial charge in [0.25, 0.3) is 5.91 Å². The highest BCUT2D eigenvalue weighted by Crippen LogP contribution is 2.28. The van der Waals surface area contributed by atoms with Gasteiger partial charge in [0.05, 0.1) is 25.7 Å². The number of rotatable bonds is 6. The van der Waals surface area contributed by atoms with Gasteiger partial charge in [0, 0.05) is 0 Å². The molecule has 0 atom stereocenters. The van der Waals surface area contributed by atoms with Crippen molar-refractivity contribution in [1.82, 2.24) is 5.01 Å². The molecule has 1 aliphatic heterocycles. The smallest absolute Gasteiger partial charge is 0.259 e. The molecule has 22 heavy (non-hydrogen) atoms. The van der Waals surface area contributed by atoms with Gasteiger partial charge in [-0.05, 0) is 29.7 Å². The van der Waals surface area contributed by atoms with E-state index >= 15 is 0 Å². The highest BCUT2D eigenvalue weighted by atomic mass is 32.2. The third kappa shape index (κ3) is 4.20. The summed E-state index contributed by atoms with van der Waals surface area (Å²) in [5, 5.41) is 5.38. The number of ether oxygens (including phenoxy) is 2. The van der Waals surface area contributed by atoms with Crippen LogP contribution in [0.15, 0.2) is 23.3 Å². The molecule has 0 saturated carbocycles. The summed E-state index contributed by atoms with van der Waals surface area (Å²) in [7, 11) is 1.59. The lowest BCUT2D eigenvalue weighted by Gasteiger charge is -2.13. The van der Waals surface area contributed by atoms with Gasteiger partial charge in [-0.1, -0.05) is 37.8 Å². The molecular formula is C15H18N2O3S2. The molecule has 0 radical (unpaired) electrons. The lowest BCUT2D eigenvalue weighted by molar-refractivity contribution is -0.123. The predicted octanol–water partition coefficient (Wildman–Crippen LogP) is 2.92. The first-order valence-electron chi connectivity index (χ1n) is 6.85. The minimum Gasteiger partial charge on any atom is -0.493 e. The molecule has 1 saturated heterocycles. The van der Waals surface area contributed by atoms with Gasteiger partial charge in [-0.3, -0.25) is 4.79 Å². The van der Waals surface area contributed by atoms with Crippen LogP contribution in [0.5, 0.6) is 11.5 Å². The van der Waals surface area contributed by atoms with Crippen LogP contribution in [0.25, 0.3) is 0 Å². The zero-order valence-corrected chi connectivity index (χ0v) is 14.4. The van der Waals surface area contributed by atoms with Crippen molar-refractivity contribution in [3.8, 4) is 11.5 Å². The molecule has 0 N–H and O–H groups in total. The van der Waals surface area contributed by atoms with Crippen molar-refractivity contribution in [1.29, 1.82) is 0 Å². The maximum atomic E-state index is 11.6. The summed E-state index contributed by atoms with van der Waals surface area (Å²) in [4.78, 5) is 11.6. The van der Waals surface area contributed by atoms with Crippen LogP contribution < -0.4 is 9.47 Å². The highest BCUT2D eigenvalue weighted by molar-refractivity contribution is 8.23. The van der Waals surface area contributed by atoms with Crippen LogP contribution >= 0.6 is 24.0 Å². The first kappa shape index (κ1) is 16.8. The molecule has 1 aromatic rings. The number of amides is 1. The Labute approximate surface area is 139 Å². The summed E-state index contributed by atoms with van der Waals surface area (Å²) in [5.74, 6) is 2.01. The normalized spacial score (nSPS) is 15.2. The average Bonchev–Trinajstić information content (AvgIpc) is 2.82. The lowest BCUT2D eigenvalue weighted by Crippen LogP contribution is -2.22. The Morgan fingerprint density at radius 1 is 1.45 bits per heavy atom. The third-order valence-corrected chi connectivity index (χ3v) is 4.15. The summed E-state index contributed by atoms with van der Waals surface area (Å²) >= 11 is 6.39. The fourth-order valence-corrected chi connectivity index (χ4v) is 2.69. The number of thiocarbonyl (C=S) groups is 1. The second-order valence-corrected chi connectivity index (χ2v) is 6.73. The number of hydrazone groups is 1. The molecule has 1 amide bonds. The Bertz CT molecular complexity index is 586. The largest absolute Gasteiger partial charge is 0.493 e. The van der Waals surface area contributed by atoms with E-state index in [4.69, 9.17) is 21.7 Å². The van der Waals surface area contributed by atoms with Crippen LogP contribution in [0.3, 0.4) is 0 Å². The van der Waals surface area contributed by atoms with E-state index in [1.807, 2.05) is 18.2 Å². The summed E-state index contributed by atoms with van der Waals surface area (Å²) in [5.41, 5.74) is 0.807. The maximum absolute atomic E-state index is 11.6. The van der Waals surface area contributed by atoms with E-state index in [0.29, 0.717) is 34.1 Å². The Hall–Kier alpha value is -1.60. The van der Waals surface area contributed by atoms with Crippen molar-refractivity contribution in [2.75, 3.05) is 19.5 Å². The van der Waals surface area contributed by atoms with E-state index in [0.717, 1.165) is 5.56 Å². The first-order valence-corrected chi connectivity index (χ1v) is 8.25. The molecule has 1 aliphatic rings. The molecule has 2 rings (SSSR count). The summed E-state index contributed by atoms with van der Waals surface area (Å²) < 4.78 is 11.5. The number of hydrogen-bond donors (Lipinski definition) is 0. The van der Waals surface area contributed by atoms with E-state index in [1.54, 1.807) is 13.3 Å². The zero-order chi connectivity index (χ0) is 16.1. The van der Waals surface area contributed by atoms with Gasteiger partial charge in [-0.15, -0.1) is 0 Å². The minimum atomic E-state index is -0.102. The van der Waals surface area contributed by atoms with Crippen LogP contribution in [0.1, 0.15) is 19.4 Å². The first-order chi connectivity index (χ1) is 10.5. The van der Waals surface area contributed by atoms with Gasteiger partial charge >= 0.3 is 0 Å². The Balaban J connectivity index is 2.12. The number of thioether (sulfide) groups is 1. The molecule has 1 fully saturated rings. The molecular weight excluding hydrogens is 320 g/mol. The molecule has 7 heteroatoms. The van der Waals surface area contributed by atoms with E-state index < -0.39 is 0 Å². The quantitative estimate of drug-likeness (QED) is 0.590. The standard InChI is InChI=1S/C15H18N2O3S2/c1-10(2)8-20-12-5-4-11(6-13(12)19-3)7-16-17-14(18)9-22-15(17)21/h4-7,10H,8-9H2,1-3H3/b16-7-. The van der Waals surface area contributed by atoms with Crippen LogP contribution in [-0.2, 0) is 4.79 Å². The molecule has 1 aromatic carbocycles. The number of carbonyl (C=O) groups excluding carboxylic acids is 1. The molecule has 5 nitrogen and oxygen atoms in total. The van der Waals surface area contributed by atoms with Crippen LogP contribution in [0.4, 0.5) is 0 Å². The van der Waals surface area contributed by atoms with E-state index in [2.05, 4.69) is 18.9 Å². The van der Waals surface area contributed by atoms with Crippen molar-refractivity contribution in [2.45, 2.75) is 13.8 Å². The fourth-order valence-electron chi connectivity index (χ4n) is 1.72. The van der Waals surface area contributed by atoms with Gasteiger partial charge < -0.3 is 9.47 Å².